The minimum absolute atomic E-state index is 0.116. The first-order valence-electron chi connectivity index (χ1n) is 8.32. The highest BCUT2D eigenvalue weighted by molar-refractivity contribution is 5.98. The molecule has 4 rings (SSSR count). The summed E-state index contributed by atoms with van der Waals surface area (Å²) >= 11 is 0. The summed E-state index contributed by atoms with van der Waals surface area (Å²) in [5, 5.41) is 3.27. The number of aromatic nitrogens is 3. The number of nitrogens with zero attached hydrogens (tertiary/aromatic N) is 2. The van der Waals surface area contributed by atoms with Crippen LogP contribution in [0.2, 0.25) is 0 Å². The molecule has 1 aromatic carbocycles. The highest BCUT2D eigenvalue weighted by atomic mass is 16.2. The van der Waals surface area contributed by atoms with Crippen LogP contribution in [-0.2, 0) is 19.4 Å². The molecule has 0 atom stereocenters. The van der Waals surface area contributed by atoms with Crippen LogP contribution in [-0.4, -0.2) is 27.0 Å². The van der Waals surface area contributed by atoms with E-state index in [1.165, 1.54) is 6.07 Å². The Morgan fingerprint density at radius 3 is 3.00 bits per heavy atom. The second-order valence-electron chi connectivity index (χ2n) is 6.25. The van der Waals surface area contributed by atoms with E-state index in [-0.39, 0.29) is 28.9 Å². The molecule has 0 saturated heterocycles. The standard InChI is InChI=1S/C18H17N5O3/c19-13-8-15(24)22-14(21-13)4-6-20-18(26)12-9-23-7-5-10-2-1-3-11(16(10)23)17(12)25/h1-3,8-9H,4-7H2,(H,20,26)(H3,19,21,22,24). The molecule has 26 heavy (non-hydrogen) atoms. The van der Waals surface area contributed by atoms with E-state index >= 15 is 0 Å². The van der Waals surface area contributed by atoms with Gasteiger partial charge in [0.1, 0.15) is 17.2 Å². The summed E-state index contributed by atoms with van der Waals surface area (Å²) in [5.41, 5.74) is 7.07. The molecule has 0 fully saturated rings. The molecule has 4 N–H and O–H groups in total. The molecule has 3 aromatic rings. The number of rotatable bonds is 4. The van der Waals surface area contributed by atoms with E-state index in [4.69, 9.17) is 5.73 Å². The van der Waals surface area contributed by atoms with E-state index in [9.17, 15) is 14.4 Å². The van der Waals surface area contributed by atoms with Crippen LogP contribution >= 0.6 is 0 Å². The van der Waals surface area contributed by atoms with Crippen LogP contribution in [0.15, 0.2) is 40.1 Å². The third-order valence-electron chi connectivity index (χ3n) is 4.51. The van der Waals surface area contributed by atoms with E-state index in [2.05, 4.69) is 15.3 Å². The lowest BCUT2D eigenvalue weighted by atomic mass is 10.1. The van der Waals surface area contributed by atoms with Crippen LogP contribution in [0.25, 0.3) is 10.9 Å². The second kappa shape index (κ2) is 6.14. The lowest BCUT2D eigenvalue weighted by Crippen LogP contribution is -2.31. The fourth-order valence-corrected chi connectivity index (χ4v) is 3.36. The van der Waals surface area contributed by atoms with E-state index in [1.807, 2.05) is 16.7 Å². The van der Waals surface area contributed by atoms with Gasteiger partial charge in [-0.1, -0.05) is 12.1 Å². The predicted octanol–water partition coefficient (Wildman–Crippen LogP) is 0.196. The Morgan fingerprint density at radius 2 is 2.19 bits per heavy atom. The minimum Gasteiger partial charge on any atom is -0.383 e. The van der Waals surface area contributed by atoms with Crippen molar-refractivity contribution in [2.75, 3.05) is 12.3 Å². The van der Waals surface area contributed by atoms with E-state index in [0.29, 0.717) is 17.6 Å². The molecule has 8 nitrogen and oxygen atoms in total. The number of nitrogen functional groups attached to an aromatic ring is 1. The van der Waals surface area contributed by atoms with Crippen LogP contribution in [0.3, 0.4) is 0 Å². The van der Waals surface area contributed by atoms with Gasteiger partial charge in [0.05, 0.1) is 5.52 Å². The number of benzene rings is 1. The largest absolute Gasteiger partial charge is 0.383 e. The summed E-state index contributed by atoms with van der Waals surface area (Å²) in [7, 11) is 0. The van der Waals surface area contributed by atoms with Crippen LogP contribution in [0.5, 0.6) is 0 Å². The summed E-state index contributed by atoms with van der Waals surface area (Å²) in [6.45, 7) is 0.980. The van der Waals surface area contributed by atoms with E-state index in [1.54, 1.807) is 12.3 Å². The van der Waals surface area contributed by atoms with E-state index < -0.39 is 5.91 Å². The highest BCUT2D eigenvalue weighted by Gasteiger charge is 2.20. The monoisotopic (exact) mass is 351 g/mol. The molecule has 0 saturated carbocycles. The predicted molar refractivity (Wildman–Crippen MR) is 97.2 cm³/mol. The molecule has 0 spiro atoms. The fourth-order valence-electron chi connectivity index (χ4n) is 3.36. The summed E-state index contributed by atoms with van der Waals surface area (Å²) in [6.07, 6.45) is 2.78. The summed E-state index contributed by atoms with van der Waals surface area (Å²) < 4.78 is 1.96. The lowest BCUT2D eigenvalue weighted by Gasteiger charge is -2.09. The number of pyridine rings is 1. The topological polar surface area (TPSA) is 123 Å². The molecule has 1 aliphatic rings. The van der Waals surface area contributed by atoms with Gasteiger partial charge in [0, 0.05) is 37.2 Å². The van der Waals surface area contributed by atoms with Gasteiger partial charge in [0.2, 0.25) is 5.43 Å². The van der Waals surface area contributed by atoms with Crippen molar-refractivity contribution < 1.29 is 4.79 Å². The Kier molecular flexibility index (Phi) is 3.80. The number of aromatic amines is 1. The highest BCUT2D eigenvalue weighted by Crippen LogP contribution is 2.23. The Bertz CT molecular complexity index is 1150. The van der Waals surface area contributed by atoms with Crippen LogP contribution in [0.4, 0.5) is 5.82 Å². The first-order chi connectivity index (χ1) is 12.5. The van der Waals surface area contributed by atoms with Crippen LogP contribution < -0.4 is 22.0 Å². The summed E-state index contributed by atoms with van der Waals surface area (Å²) in [4.78, 5) is 43.1. The number of anilines is 1. The van der Waals surface area contributed by atoms with Crippen molar-refractivity contribution in [3.8, 4) is 0 Å². The normalized spacial score (nSPS) is 12.5. The molecule has 0 unspecified atom stereocenters. The maximum absolute atomic E-state index is 12.7. The first kappa shape index (κ1) is 16.1. The maximum atomic E-state index is 12.7. The number of nitrogens with two attached hydrogens (primary N) is 1. The molecule has 0 aliphatic carbocycles. The number of nitrogens with one attached hydrogen (secondary N) is 2. The zero-order valence-corrected chi connectivity index (χ0v) is 13.9. The molecule has 1 aliphatic heterocycles. The van der Waals surface area contributed by atoms with Crippen molar-refractivity contribution in [1.82, 2.24) is 19.9 Å². The Morgan fingerprint density at radius 1 is 1.35 bits per heavy atom. The Hall–Kier alpha value is -3.42. The Labute approximate surface area is 147 Å². The number of H-pyrrole nitrogens is 1. The molecule has 2 aromatic heterocycles. The van der Waals surface area contributed by atoms with E-state index in [0.717, 1.165) is 24.0 Å². The molecule has 1 amide bonds. The Balaban J connectivity index is 1.55. The number of amides is 1. The second-order valence-corrected chi connectivity index (χ2v) is 6.25. The van der Waals surface area contributed by atoms with Crippen molar-refractivity contribution in [2.24, 2.45) is 0 Å². The summed E-state index contributed by atoms with van der Waals surface area (Å²) in [6, 6.07) is 6.79. The van der Waals surface area contributed by atoms with Gasteiger partial charge < -0.3 is 20.6 Å². The molecule has 132 valence electrons. The minimum atomic E-state index is -0.441. The maximum Gasteiger partial charge on any atom is 0.256 e. The van der Waals surface area contributed by atoms with Crippen molar-refractivity contribution in [3.63, 3.8) is 0 Å². The first-order valence-corrected chi connectivity index (χ1v) is 8.32. The quantitative estimate of drug-likeness (QED) is 0.619. The van der Waals surface area contributed by atoms with Gasteiger partial charge in [-0.25, -0.2) is 4.98 Å². The van der Waals surface area contributed by atoms with Gasteiger partial charge in [0.25, 0.3) is 11.5 Å². The fraction of sp³-hybridized carbons (Fsp3) is 0.222. The number of para-hydroxylation sites is 1. The van der Waals surface area contributed by atoms with Crippen molar-refractivity contribution in [1.29, 1.82) is 0 Å². The zero-order valence-electron chi connectivity index (χ0n) is 13.9. The molecule has 3 heterocycles. The lowest BCUT2D eigenvalue weighted by molar-refractivity contribution is 0.0952. The van der Waals surface area contributed by atoms with Crippen LogP contribution in [0, 0.1) is 0 Å². The van der Waals surface area contributed by atoms with Crippen molar-refractivity contribution in [2.45, 2.75) is 19.4 Å². The third kappa shape index (κ3) is 2.75. The molecule has 0 bridgehead atoms. The number of carbonyl (C=O) groups is 1. The van der Waals surface area contributed by atoms with Gasteiger partial charge in [0.15, 0.2) is 0 Å². The molecular formula is C18H17N5O3. The van der Waals surface area contributed by atoms with Crippen molar-refractivity contribution >= 4 is 22.6 Å². The summed E-state index contributed by atoms with van der Waals surface area (Å²) in [5.74, 6) is 0.0691. The average Bonchev–Trinajstić information content (AvgIpc) is 3.01. The van der Waals surface area contributed by atoms with Gasteiger partial charge in [-0.2, -0.15) is 0 Å². The van der Waals surface area contributed by atoms with Gasteiger partial charge in [-0.3, -0.25) is 14.4 Å². The SMILES string of the molecule is Nc1cc(=O)[nH]c(CCNC(=O)c2cn3c4c(cccc4c2=O)CC3)n1. The van der Waals surface area contributed by atoms with Crippen molar-refractivity contribution in [3.05, 3.63) is 68.0 Å². The van der Waals surface area contributed by atoms with Gasteiger partial charge >= 0.3 is 0 Å². The third-order valence-corrected chi connectivity index (χ3v) is 4.51. The smallest absolute Gasteiger partial charge is 0.256 e. The molecule has 0 radical (unpaired) electrons. The average molecular weight is 351 g/mol. The van der Waals surface area contributed by atoms with Gasteiger partial charge in [-0.15, -0.1) is 0 Å². The number of carbonyl (C=O) groups excluding carboxylic acids is 1. The number of hydrogen-bond donors (Lipinski definition) is 3. The zero-order chi connectivity index (χ0) is 18.3. The van der Waals surface area contributed by atoms with Crippen LogP contribution in [0.1, 0.15) is 21.7 Å². The van der Waals surface area contributed by atoms with Gasteiger partial charge in [-0.05, 0) is 18.1 Å². The number of hydrogen-bond acceptors (Lipinski definition) is 5. The number of aryl methyl sites for hydroxylation is 2. The molecule has 8 heteroatoms. The molecular weight excluding hydrogens is 334 g/mol.